The summed E-state index contributed by atoms with van der Waals surface area (Å²) < 4.78 is 6.21. The number of fused-ring (bicyclic) bond motifs is 1. The molecule has 0 bridgehead atoms. The molecule has 6 heteroatoms. The van der Waals surface area contributed by atoms with Gasteiger partial charge >= 0.3 is 5.97 Å². The second-order valence-electron chi connectivity index (χ2n) is 5.18. The van der Waals surface area contributed by atoms with Gasteiger partial charge in [0.05, 0.1) is 12.1 Å². The number of benzene rings is 1. The van der Waals surface area contributed by atoms with Crippen molar-refractivity contribution in [3.05, 3.63) is 51.8 Å². The van der Waals surface area contributed by atoms with Crippen molar-refractivity contribution in [3.8, 4) is 17.2 Å². The van der Waals surface area contributed by atoms with E-state index in [0.717, 1.165) is 11.1 Å². The summed E-state index contributed by atoms with van der Waals surface area (Å²) in [4.78, 5) is 24.6. The van der Waals surface area contributed by atoms with Gasteiger partial charge in [0, 0.05) is 11.3 Å². The Hall–Kier alpha value is -2.52. The lowest BCUT2D eigenvalue weighted by Gasteiger charge is -2.16. The molecule has 1 aromatic heterocycles. The van der Waals surface area contributed by atoms with Crippen LogP contribution >= 0.6 is 11.8 Å². The Morgan fingerprint density at radius 3 is 2.70 bits per heavy atom. The Morgan fingerprint density at radius 2 is 2.09 bits per heavy atom. The first-order valence-corrected chi connectivity index (χ1v) is 8.04. The van der Waals surface area contributed by atoms with Gasteiger partial charge in [-0.05, 0) is 18.1 Å². The summed E-state index contributed by atoms with van der Waals surface area (Å²) in [5, 5.41) is 10.1. The third-order valence-corrected chi connectivity index (χ3v) is 5.11. The third kappa shape index (κ3) is 2.34. The zero-order chi connectivity index (χ0) is 16.6. The number of carbonyl (C=O) groups is 1. The van der Waals surface area contributed by atoms with E-state index in [9.17, 15) is 14.9 Å². The van der Waals surface area contributed by atoms with E-state index in [1.165, 1.54) is 23.4 Å². The van der Waals surface area contributed by atoms with Crippen LogP contribution in [0.25, 0.3) is 11.1 Å². The Bertz CT molecular complexity index is 881. The number of nitriles is 1. The molecule has 5 nitrogen and oxygen atoms in total. The standard InChI is InChI=1S/C17H14N2O3S/c1-10-12(8-18)15(20)19-13(17(21)22-2)9-23-16(19)14(10)11-6-4-3-5-7-11/h3-7,13H,9H2,1-2H3/t13-/m0/s1. The number of hydrogen-bond acceptors (Lipinski definition) is 5. The summed E-state index contributed by atoms with van der Waals surface area (Å²) in [6, 6.07) is 10.9. The zero-order valence-corrected chi connectivity index (χ0v) is 13.5. The highest BCUT2D eigenvalue weighted by atomic mass is 32.2. The molecule has 0 saturated heterocycles. The molecule has 0 N–H and O–H groups in total. The molecule has 0 radical (unpaired) electrons. The second-order valence-corrected chi connectivity index (χ2v) is 6.19. The van der Waals surface area contributed by atoms with Gasteiger partial charge < -0.3 is 4.74 Å². The van der Waals surface area contributed by atoms with Crippen LogP contribution in [0.4, 0.5) is 0 Å². The molecule has 0 spiro atoms. The number of aromatic nitrogens is 1. The Morgan fingerprint density at radius 1 is 1.39 bits per heavy atom. The maximum atomic E-state index is 12.6. The molecular weight excluding hydrogens is 312 g/mol. The lowest BCUT2D eigenvalue weighted by molar-refractivity contribution is -0.143. The van der Waals surface area contributed by atoms with Gasteiger partial charge in [-0.3, -0.25) is 9.36 Å². The molecule has 116 valence electrons. The van der Waals surface area contributed by atoms with E-state index in [1.807, 2.05) is 36.4 Å². The average molecular weight is 326 g/mol. The molecule has 2 heterocycles. The normalized spacial score (nSPS) is 15.8. The van der Waals surface area contributed by atoms with Crippen LogP contribution in [0.2, 0.25) is 0 Å². The summed E-state index contributed by atoms with van der Waals surface area (Å²) in [5.41, 5.74) is 2.04. The first-order valence-electron chi connectivity index (χ1n) is 7.05. The van der Waals surface area contributed by atoms with Gasteiger partial charge in [0.1, 0.15) is 17.7 Å². The Kier molecular flexibility index (Phi) is 3.97. The van der Waals surface area contributed by atoms with Crippen molar-refractivity contribution in [3.63, 3.8) is 0 Å². The zero-order valence-electron chi connectivity index (χ0n) is 12.7. The van der Waals surface area contributed by atoms with Crippen LogP contribution in [-0.2, 0) is 9.53 Å². The molecule has 0 fully saturated rings. The lowest BCUT2D eigenvalue weighted by atomic mass is 9.99. The Labute approximate surface area is 137 Å². The van der Waals surface area contributed by atoms with E-state index in [2.05, 4.69) is 0 Å². The van der Waals surface area contributed by atoms with Crippen molar-refractivity contribution >= 4 is 17.7 Å². The molecule has 1 aliphatic rings. The van der Waals surface area contributed by atoms with E-state index >= 15 is 0 Å². The SMILES string of the molecule is COC(=O)[C@@H]1CSc2c(-c3ccccc3)c(C)c(C#N)c(=O)n21. The number of methoxy groups -OCH3 is 1. The van der Waals surface area contributed by atoms with Crippen LogP contribution in [0.1, 0.15) is 17.2 Å². The van der Waals surface area contributed by atoms with Gasteiger partial charge in [-0.25, -0.2) is 4.79 Å². The number of nitrogens with zero attached hydrogens (tertiary/aromatic N) is 2. The molecule has 3 rings (SSSR count). The van der Waals surface area contributed by atoms with E-state index < -0.39 is 17.6 Å². The molecule has 0 aliphatic carbocycles. The van der Waals surface area contributed by atoms with Crippen LogP contribution < -0.4 is 5.56 Å². The van der Waals surface area contributed by atoms with E-state index in [1.54, 1.807) is 6.92 Å². The van der Waals surface area contributed by atoms with Crippen molar-refractivity contribution in [2.75, 3.05) is 12.9 Å². The number of ether oxygens (including phenoxy) is 1. The highest BCUT2D eigenvalue weighted by Crippen LogP contribution is 2.41. The molecule has 1 aromatic carbocycles. The summed E-state index contributed by atoms with van der Waals surface area (Å²) in [7, 11) is 1.30. The van der Waals surface area contributed by atoms with Gasteiger partial charge in [-0.15, -0.1) is 11.8 Å². The van der Waals surface area contributed by atoms with E-state index in [0.29, 0.717) is 16.3 Å². The molecule has 0 saturated carbocycles. The smallest absolute Gasteiger partial charge is 0.329 e. The topological polar surface area (TPSA) is 72.1 Å². The molecule has 1 atom stereocenters. The van der Waals surface area contributed by atoms with Gasteiger partial charge in [-0.2, -0.15) is 5.26 Å². The van der Waals surface area contributed by atoms with Crippen molar-refractivity contribution in [1.82, 2.24) is 4.57 Å². The summed E-state index contributed by atoms with van der Waals surface area (Å²) in [5.74, 6) is -0.0408. The summed E-state index contributed by atoms with van der Waals surface area (Å²) >= 11 is 1.44. The summed E-state index contributed by atoms with van der Waals surface area (Å²) in [6.45, 7) is 1.77. The third-order valence-electron chi connectivity index (χ3n) is 3.95. The number of hydrogen-bond donors (Lipinski definition) is 0. The highest BCUT2D eigenvalue weighted by Gasteiger charge is 2.35. The lowest BCUT2D eigenvalue weighted by Crippen LogP contribution is -2.32. The fourth-order valence-corrected chi connectivity index (χ4v) is 4.19. The Balaban J connectivity index is 2.36. The minimum absolute atomic E-state index is 0.0732. The number of thioether (sulfide) groups is 1. The number of carbonyl (C=O) groups excluding carboxylic acids is 1. The van der Waals surface area contributed by atoms with Crippen LogP contribution in [0, 0.1) is 18.3 Å². The molecule has 23 heavy (non-hydrogen) atoms. The summed E-state index contributed by atoms with van der Waals surface area (Å²) in [6.07, 6.45) is 0. The van der Waals surface area contributed by atoms with Gasteiger partial charge in [0.2, 0.25) is 0 Å². The van der Waals surface area contributed by atoms with Crippen LogP contribution in [-0.4, -0.2) is 23.4 Å². The second kappa shape index (κ2) is 5.94. The molecular formula is C17H14N2O3S. The molecule has 1 aliphatic heterocycles. The molecule has 0 amide bonds. The molecule has 0 unspecified atom stereocenters. The minimum Gasteiger partial charge on any atom is -0.467 e. The fraction of sp³-hybridized carbons (Fsp3) is 0.235. The van der Waals surface area contributed by atoms with Crippen molar-refractivity contribution in [2.24, 2.45) is 0 Å². The van der Waals surface area contributed by atoms with E-state index in [4.69, 9.17) is 4.74 Å². The number of esters is 1. The van der Waals surface area contributed by atoms with Crippen LogP contribution in [0.3, 0.4) is 0 Å². The van der Waals surface area contributed by atoms with Crippen molar-refractivity contribution < 1.29 is 9.53 Å². The van der Waals surface area contributed by atoms with Gasteiger partial charge in [0.15, 0.2) is 0 Å². The maximum absolute atomic E-state index is 12.6. The molecule has 2 aromatic rings. The highest BCUT2D eigenvalue weighted by molar-refractivity contribution is 7.99. The maximum Gasteiger partial charge on any atom is 0.329 e. The first-order chi connectivity index (χ1) is 11.1. The van der Waals surface area contributed by atoms with E-state index in [-0.39, 0.29) is 5.56 Å². The largest absolute Gasteiger partial charge is 0.467 e. The predicted molar refractivity (Wildman–Crippen MR) is 87.4 cm³/mol. The predicted octanol–water partition coefficient (Wildman–Crippen LogP) is 2.52. The van der Waals surface area contributed by atoms with Crippen LogP contribution in [0.15, 0.2) is 40.2 Å². The quantitative estimate of drug-likeness (QED) is 0.793. The van der Waals surface area contributed by atoms with Crippen molar-refractivity contribution in [2.45, 2.75) is 18.0 Å². The number of rotatable bonds is 2. The minimum atomic E-state index is -0.692. The van der Waals surface area contributed by atoms with Crippen molar-refractivity contribution in [1.29, 1.82) is 5.26 Å². The van der Waals surface area contributed by atoms with Gasteiger partial charge in [-0.1, -0.05) is 30.3 Å². The van der Waals surface area contributed by atoms with Crippen LogP contribution in [0.5, 0.6) is 0 Å². The average Bonchev–Trinajstić information content (AvgIpc) is 3.00. The number of pyridine rings is 1. The monoisotopic (exact) mass is 326 g/mol. The first kappa shape index (κ1) is 15.4. The van der Waals surface area contributed by atoms with Gasteiger partial charge in [0.25, 0.3) is 5.56 Å². The fourth-order valence-electron chi connectivity index (χ4n) is 2.82.